The SMILES string of the molecule is C[C@@H]1CCCN1CCCOc1ccc(-n2cc(NC(=O)c3ccncc3)cn2)cc1. The molecule has 1 atom stereocenters. The van der Waals surface area contributed by atoms with Crippen LogP contribution < -0.4 is 10.1 Å². The number of ether oxygens (including phenoxy) is 1. The summed E-state index contributed by atoms with van der Waals surface area (Å²) in [7, 11) is 0. The summed E-state index contributed by atoms with van der Waals surface area (Å²) in [4.78, 5) is 18.7. The average molecular weight is 406 g/mol. The highest BCUT2D eigenvalue weighted by Crippen LogP contribution is 2.19. The Labute approximate surface area is 176 Å². The zero-order valence-corrected chi connectivity index (χ0v) is 17.2. The van der Waals surface area contributed by atoms with Crippen molar-refractivity contribution in [2.75, 3.05) is 25.0 Å². The number of hydrogen-bond acceptors (Lipinski definition) is 5. The number of nitrogens with zero attached hydrogens (tertiary/aromatic N) is 4. The Bertz CT molecular complexity index is 955. The van der Waals surface area contributed by atoms with Crippen molar-refractivity contribution >= 4 is 11.6 Å². The first-order chi connectivity index (χ1) is 14.7. The second-order valence-corrected chi connectivity index (χ2v) is 7.59. The number of hydrogen-bond donors (Lipinski definition) is 1. The van der Waals surface area contributed by atoms with Gasteiger partial charge in [0.05, 0.1) is 30.4 Å². The van der Waals surface area contributed by atoms with Crippen LogP contribution in [0, 0.1) is 0 Å². The molecule has 0 unspecified atom stereocenters. The molecular formula is C23H27N5O2. The molecule has 30 heavy (non-hydrogen) atoms. The van der Waals surface area contributed by atoms with E-state index in [-0.39, 0.29) is 5.91 Å². The third kappa shape index (κ3) is 5.04. The molecule has 1 amide bonds. The third-order valence-corrected chi connectivity index (χ3v) is 5.43. The van der Waals surface area contributed by atoms with Gasteiger partial charge < -0.3 is 15.0 Å². The van der Waals surface area contributed by atoms with Crippen LogP contribution in [0.5, 0.6) is 5.75 Å². The molecule has 7 nitrogen and oxygen atoms in total. The fourth-order valence-electron chi connectivity index (χ4n) is 3.71. The van der Waals surface area contributed by atoms with E-state index in [1.165, 1.54) is 19.4 Å². The summed E-state index contributed by atoms with van der Waals surface area (Å²) >= 11 is 0. The van der Waals surface area contributed by atoms with Crippen LogP contribution in [0.25, 0.3) is 5.69 Å². The van der Waals surface area contributed by atoms with Gasteiger partial charge in [0.2, 0.25) is 0 Å². The molecule has 3 heterocycles. The van der Waals surface area contributed by atoms with Gasteiger partial charge in [0.25, 0.3) is 5.91 Å². The Balaban J connectivity index is 1.27. The minimum Gasteiger partial charge on any atom is -0.494 e. The first-order valence-electron chi connectivity index (χ1n) is 10.4. The van der Waals surface area contributed by atoms with Crippen LogP contribution in [0.1, 0.15) is 36.5 Å². The number of nitrogens with one attached hydrogen (secondary N) is 1. The number of amides is 1. The van der Waals surface area contributed by atoms with Gasteiger partial charge in [-0.25, -0.2) is 4.68 Å². The van der Waals surface area contributed by atoms with Crippen molar-refractivity contribution in [3.05, 3.63) is 66.7 Å². The summed E-state index contributed by atoms with van der Waals surface area (Å²) < 4.78 is 7.60. The fourth-order valence-corrected chi connectivity index (χ4v) is 3.71. The van der Waals surface area contributed by atoms with Crippen molar-refractivity contribution < 1.29 is 9.53 Å². The van der Waals surface area contributed by atoms with Gasteiger partial charge in [-0.1, -0.05) is 0 Å². The minimum atomic E-state index is -0.191. The predicted octanol–water partition coefficient (Wildman–Crippen LogP) is 3.77. The fraction of sp³-hybridized carbons (Fsp3) is 0.348. The molecule has 1 aliphatic rings. The molecule has 1 aliphatic heterocycles. The lowest BCUT2D eigenvalue weighted by Gasteiger charge is -2.20. The Hall–Kier alpha value is -3.19. The number of anilines is 1. The van der Waals surface area contributed by atoms with Crippen LogP contribution in [0.2, 0.25) is 0 Å². The lowest BCUT2D eigenvalue weighted by Crippen LogP contribution is -2.28. The summed E-state index contributed by atoms with van der Waals surface area (Å²) in [6.07, 6.45) is 10.3. The van der Waals surface area contributed by atoms with Gasteiger partial charge in [-0.2, -0.15) is 5.10 Å². The number of likely N-dealkylation sites (tertiary alicyclic amines) is 1. The second-order valence-electron chi connectivity index (χ2n) is 7.59. The molecule has 0 bridgehead atoms. The lowest BCUT2D eigenvalue weighted by atomic mass is 10.2. The minimum absolute atomic E-state index is 0.191. The molecule has 0 saturated carbocycles. The zero-order valence-electron chi connectivity index (χ0n) is 17.2. The van der Waals surface area contributed by atoms with Gasteiger partial charge in [0, 0.05) is 30.5 Å². The monoisotopic (exact) mass is 405 g/mol. The first-order valence-corrected chi connectivity index (χ1v) is 10.4. The van der Waals surface area contributed by atoms with E-state index in [4.69, 9.17) is 4.74 Å². The summed E-state index contributed by atoms with van der Waals surface area (Å²) in [6, 6.07) is 11.9. The molecule has 3 aromatic rings. The van der Waals surface area contributed by atoms with Crippen LogP contribution >= 0.6 is 0 Å². The van der Waals surface area contributed by atoms with E-state index in [2.05, 4.69) is 27.2 Å². The van der Waals surface area contributed by atoms with Gasteiger partial charge in [0.1, 0.15) is 5.75 Å². The van der Waals surface area contributed by atoms with E-state index in [9.17, 15) is 4.79 Å². The molecule has 1 fully saturated rings. The molecule has 1 N–H and O–H groups in total. The number of carbonyl (C=O) groups excluding carboxylic acids is 1. The number of pyridine rings is 1. The van der Waals surface area contributed by atoms with Crippen LogP contribution in [-0.2, 0) is 0 Å². The molecule has 0 aliphatic carbocycles. The summed E-state index contributed by atoms with van der Waals surface area (Å²) in [6.45, 7) is 5.33. The first kappa shape index (κ1) is 20.1. The Morgan fingerprint density at radius 2 is 2.00 bits per heavy atom. The van der Waals surface area contributed by atoms with Crippen molar-refractivity contribution in [3.8, 4) is 11.4 Å². The predicted molar refractivity (Wildman–Crippen MR) is 116 cm³/mol. The number of carbonyl (C=O) groups is 1. The van der Waals surface area contributed by atoms with E-state index in [1.54, 1.807) is 41.6 Å². The number of benzene rings is 1. The van der Waals surface area contributed by atoms with Crippen LogP contribution in [0.4, 0.5) is 5.69 Å². The topological polar surface area (TPSA) is 72.3 Å². The largest absolute Gasteiger partial charge is 0.494 e. The van der Waals surface area contributed by atoms with Crippen molar-refractivity contribution in [1.82, 2.24) is 19.7 Å². The van der Waals surface area contributed by atoms with Crippen LogP contribution in [0.15, 0.2) is 61.2 Å². The van der Waals surface area contributed by atoms with E-state index >= 15 is 0 Å². The standard InChI is InChI=1S/C23H27N5O2/c1-18-4-2-13-27(18)14-3-15-30-22-7-5-21(6-8-22)28-17-20(16-25-28)26-23(29)19-9-11-24-12-10-19/h5-12,16-18H,2-4,13-15H2,1H3,(H,26,29)/t18-/m1/s1. The average Bonchev–Trinajstić information content (AvgIpc) is 3.41. The second kappa shape index (κ2) is 9.54. The highest BCUT2D eigenvalue weighted by Gasteiger charge is 2.19. The third-order valence-electron chi connectivity index (χ3n) is 5.43. The molecular weight excluding hydrogens is 378 g/mol. The Morgan fingerprint density at radius 1 is 1.20 bits per heavy atom. The van der Waals surface area contributed by atoms with E-state index in [0.717, 1.165) is 31.0 Å². The summed E-state index contributed by atoms with van der Waals surface area (Å²) in [5, 5.41) is 7.17. The molecule has 156 valence electrons. The maximum atomic E-state index is 12.2. The van der Waals surface area contributed by atoms with E-state index in [0.29, 0.717) is 17.3 Å². The Morgan fingerprint density at radius 3 is 2.73 bits per heavy atom. The van der Waals surface area contributed by atoms with Gasteiger partial charge in [-0.3, -0.25) is 9.78 Å². The molecule has 4 rings (SSSR count). The quantitative estimate of drug-likeness (QED) is 0.578. The Kier molecular flexibility index (Phi) is 6.39. The molecule has 7 heteroatoms. The number of aromatic nitrogens is 3. The van der Waals surface area contributed by atoms with Gasteiger partial charge in [-0.15, -0.1) is 0 Å². The van der Waals surface area contributed by atoms with Gasteiger partial charge in [-0.05, 0) is 69.1 Å². The molecule has 0 spiro atoms. The molecule has 2 aromatic heterocycles. The molecule has 0 radical (unpaired) electrons. The lowest BCUT2D eigenvalue weighted by molar-refractivity contribution is 0.102. The van der Waals surface area contributed by atoms with Crippen molar-refractivity contribution in [1.29, 1.82) is 0 Å². The zero-order chi connectivity index (χ0) is 20.8. The van der Waals surface area contributed by atoms with E-state index < -0.39 is 0 Å². The molecule has 1 aromatic carbocycles. The van der Waals surface area contributed by atoms with Crippen LogP contribution in [-0.4, -0.2) is 51.3 Å². The van der Waals surface area contributed by atoms with Gasteiger partial charge >= 0.3 is 0 Å². The van der Waals surface area contributed by atoms with Crippen LogP contribution in [0.3, 0.4) is 0 Å². The maximum absolute atomic E-state index is 12.2. The van der Waals surface area contributed by atoms with E-state index in [1.807, 2.05) is 24.3 Å². The van der Waals surface area contributed by atoms with Crippen molar-refractivity contribution in [3.63, 3.8) is 0 Å². The number of rotatable bonds is 8. The maximum Gasteiger partial charge on any atom is 0.255 e. The molecule has 1 saturated heterocycles. The summed E-state index contributed by atoms with van der Waals surface area (Å²) in [5.74, 6) is 0.663. The smallest absolute Gasteiger partial charge is 0.255 e. The summed E-state index contributed by atoms with van der Waals surface area (Å²) in [5.41, 5.74) is 2.09. The van der Waals surface area contributed by atoms with Gasteiger partial charge in [0.15, 0.2) is 0 Å². The highest BCUT2D eigenvalue weighted by atomic mass is 16.5. The normalized spacial score (nSPS) is 16.5. The highest BCUT2D eigenvalue weighted by molar-refractivity contribution is 6.04. The van der Waals surface area contributed by atoms with Crippen molar-refractivity contribution in [2.45, 2.75) is 32.2 Å². The van der Waals surface area contributed by atoms with Crippen molar-refractivity contribution in [2.24, 2.45) is 0 Å².